The highest BCUT2D eigenvalue weighted by atomic mass is 32.2. The van der Waals surface area contributed by atoms with E-state index in [0.717, 1.165) is 16.9 Å². The second kappa shape index (κ2) is 8.00. The van der Waals surface area contributed by atoms with Crippen LogP contribution in [0, 0.1) is 6.92 Å². The first kappa shape index (κ1) is 19.2. The summed E-state index contributed by atoms with van der Waals surface area (Å²) >= 11 is 0. The highest BCUT2D eigenvalue weighted by Gasteiger charge is 2.29. The molecule has 0 atom stereocenters. The Labute approximate surface area is 160 Å². The lowest BCUT2D eigenvalue weighted by atomic mass is 10.1. The Balaban J connectivity index is 1.65. The van der Waals surface area contributed by atoms with Gasteiger partial charge >= 0.3 is 0 Å². The summed E-state index contributed by atoms with van der Waals surface area (Å²) in [6, 6.07) is 12.7. The highest BCUT2D eigenvalue weighted by Crippen LogP contribution is 2.29. The molecule has 144 valence electrons. The molecule has 0 bridgehead atoms. The standard InChI is InChI=1S/C20H24N2O4S/c1-3-26-18-8-5-16(6-9-18)14-20(23)21-17-7-10-19(15(2)13-17)22-11-4-12-27(22,24)25/h5-10,13H,3-4,11-12,14H2,1-2H3,(H,21,23). The molecule has 0 saturated carbocycles. The zero-order valence-corrected chi connectivity index (χ0v) is 16.4. The number of benzene rings is 2. The van der Waals surface area contributed by atoms with Crippen LogP contribution in [0.5, 0.6) is 5.75 Å². The first-order valence-corrected chi connectivity index (χ1v) is 10.6. The maximum atomic E-state index is 12.3. The Kier molecular flexibility index (Phi) is 5.70. The van der Waals surface area contributed by atoms with Gasteiger partial charge in [-0.15, -0.1) is 0 Å². The van der Waals surface area contributed by atoms with Crippen LogP contribution in [0.2, 0.25) is 0 Å². The van der Waals surface area contributed by atoms with Crippen molar-refractivity contribution < 1.29 is 17.9 Å². The normalized spacial score (nSPS) is 15.6. The maximum absolute atomic E-state index is 12.3. The van der Waals surface area contributed by atoms with Crippen molar-refractivity contribution in [3.8, 4) is 5.75 Å². The summed E-state index contributed by atoms with van der Waals surface area (Å²) < 4.78 is 31.0. The molecule has 7 heteroatoms. The summed E-state index contributed by atoms with van der Waals surface area (Å²) in [5.41, 5.74) is 3.05. The molecule has 0 aliphatic carbocycles. The Bertz CT molecular complexity index is 923. The van der Waals surface area contributed by atoms with Gasteiger partial charge in [-0.3, -0.25) is 9.10 Å². The minimum Gasteiger partial charge on any atom is -0.494 e. The van der Waals surface area contributed by atoms with Gasteiger partial charge in [0.05, 0.1) is 24.5 Å². The van der Waals surface area contributed by atoms with Crippen LogP contribution < -0.4 is 14.4 Å². The third kappa shape index (κ3) is 4.60. The number of carbonyl (C=O) groups is 1. The van der Waals surface area contributed by atoms with Gasteiger partial charge < -0.3 is 10.1 Å². The van der Waals surface area contributed by atoms with Crippen LogP contribution in [0.4, 0.5) is 11.4 Å². The maximum Gasteiger partial charge on any atom is 0.235 e. The summed E-state index contributed by atoms with van der Waals surface area (Å²) in [4.78, 5) is 12.3. The first-order chi connectivity index (χ1) is 12.9. The molecule has 2 aromatic carbocycles. The zero-order chi connectivity index (χ0) is 19.4. The van der Waals surface area contributed by atoms with Crippen LogP contribution in [0.1, 0.15) is 24.5 Å². The quantitative estimate of drug-likeness (QED) is 0.825. The third-order valence-electron chi connectivity index (χ3n) is 4.45. The van der Waals surface area contributed by atoms with Gasteiger partial charge in [-0.1, -0.05) is 12.1 Å². The number of nitrogens with one attached hydrogen (secondary N) is 1. The predicted octanol–water partition coefficient (Wildman–Crippen LogP) is 3.11. The van der Waals surface area contributed by atoms with Crippen LogP contribution in [0.3, 0.4) is 0 Å². The van der Waals surface area contributed by atoms with Gasteiger partial charge in [0.2, 0.25) is 15.9 Å². The number of anilines is 2. The molecule has 6 nitrogen and oxygen atoms in total. The van der Waals surface area contributed by atoms with E-state index in [2.05, 4.69) is 5.32 Å². The molecular formula is C20H24N2O4S. The molecule has 1 fully saturated rings. The minimum absolute atomic E-state index is 0.125. The van der Waals surface area contributed by atoms with Crippen molar-refractivity contribution in [2.45, 2.75) is 26.7 Å². The Morgan fingerprint density at radius 1 is 1.19 bits per heavy atom. The average Bonchev–Trinajstić information content (AvgIpc) is 2.96. The SMILES string of the molecule is CCOc1ccc(CC(=O)Nc2ccc(N3CCCS3(=O)=O)c(C)c2)cc1. The summed E-state index contributed by atoms with van der Waals surface area (Å²) in [6.45, 7) is 4.89. The lowest BCUT2D eigenvalue weighted by Gasteiger charge is -2.20. The van der Waals surface area contributed by atoms with Crippen molar-refractivity contribution in [1.29, 1.82) is 0 Å². The minimum atomic E-state index is -3.21. The molecule has 1 saturated heterocycles. The molecule has 1 N–H and O–H groups in total. The van der Waals surface area contributed by atoms with Crippen LogP contribution in [-0.4, -0.2) is 33.2 Å². The topological polar surface area (TPSA) is 75.7 Å². The number of hydrogen-bond acceptors (Lipinski definition) is 4. The molecule has 1 heterocycles. The number of carbonyl (C=O) groups excluding carboxylic acids is 1. The largest absolute Gasteiger partial charge is 0.494 e. The predicted molar refractivity (Wildman–Crippen MR) is 107 cm³/mol. The first-order valence-electron chi connectivity index (χ1n) is 9.01. The van der Waals surface area contributed by atoms with Gasteiger partial charge in [-0.25, -0.2) is 8.42 Å². The van der Waals surface area contributed by atoms with Gasteiger partial charge in [0.1, 0.15) is 5.75 Å². The van der Waals surface area contributed by atoms with E-state index in [4.69, 9.17) is 4.74 Å². The van der Waals surface area contributed by atoms with Gasteiger partial charge in [0.15, 0.2) is 0 Å². The Hall–Kier alpha value is -2.54. The van der Waals surface area contributed by atoms with E-state index < -0.39 is 10.0 Å². The van der Waals surface area contributed by atoms with Crippen LogP contribution in [0.15, 0.2) is 42.5 Å². The van der Waals surface area contributed by atoms with E-state index in [1.807, 2.05) is 38.1 Å². The van der Waals surface area contributed by atoms with E-state index in [9.17, 15) is 13.2 Å². The monoisotopic (exact) mass is 388 g/mol. The van der Waals surface area contributed by atoms with E-state index >= 15 is 0 Å². The fourth-order valence-electron chi connectivity index (χ4n) is 3.18. The summed E-state index contributed by atoms with van der Waals surface area (Å²) in [7, 11) is -3.21. The van der Waals surface area contributed by atoms with Crippen molar-refractivity contribution in [1.82, 2.24) is 0 Å². The fourth-order valence-corrected chi connectivity index (χ4v) is 4.81. The summed E-state index contributed by atoms with van der Waals surface area (Å²) in [6.07, 6.45) is 0.899. The number of nitrogens with zero attached hydrogens (tertiary/aromatic N) is 1. The lowest BCUT2D eigenvalue weighted by Crippen LogP contribution is -2.25. The molecule has 0 unspecified atom stereocenters. The summed E-state index contributed by atoms with van der Waals surface area (Å²) in [5.74, 6) is 0.845. The molecule has 1 amide bonds. The van der Waals surface area contributed by atoms with E-state index in [1.165, 1.54) is 4.31 Å². The van der Waals surface area contributed by atoms with Crippen LogP contribution >= 0.6 is 0 Å². The lowest BCUT2D eigenvalue weighted by molar-refractivity contribution is -0.115. The fraction of sp³-hybridized carbons (Fsp3) is 0.350. The molecule has 0 aromatic heterocycles. The smallest absolute Gasteiger partial charge is 0.235 e. The third-order valence-corrected chi connectivity index (χ3v) is 6.30. The second-order valence-electron chi connectivity index (χ2n) is 6.54. The summed E-state index contributed by atoms with van der Waals surface area (Å²) in [5, 5.41) is 2.87. The molecule has 27 heavy (non-hydrogen) atoms. The molecular weight excluding hydrogens is 364 g/mol. The molecule has 0 radical (unpaired) electrons. The van der Waals surface area contributed by atoms with E-state index in [1.54, 1.807) is 18.2 Å². The molecule has 0 spiro atoms. The number of hydrogen-bond donors (Lipinski definition) is 1. The molecule has 2 aromatic rings. The van der Waals surface area contributed by atoms with Crippen molar-refractivity contribution in [3.05, 3.63) is 53.6 Å². The van der Waals surface area contributed by atoms with Crippen LogP contribution in [-0.2, 0) is 21.2 Å². The Morgan fingerprint density at radius 2 is 1.93 bits per heavy atom. The van der Waals surface area contributed by atoms with Crippen molar-refractivity contribution >= 4 is 27.3 Å². The van der Waals surface area contributed by atoms with Crippen molar-refractivity contribution in [2.24, 2.45) is 0 Å². The Morgan fingerprint density at radius 3 is 2.52 bits per heavy atom. The number of aryl methyl sites for hydroxylation is 1. The second-order valence-corrected chi connectivity index (χ2v) is 8.56. The number of sulfonamides is 1. The zero-order valence-electron chi connectivity index (χ0n) is 15.6. The number of amides is 1. The molecule has 1 aliphatic rings. The van der Waals surface area contributed by atoms with E-state index in [-0.39, 0.29) is 18.1 Å². The van der Waals surface area contributed by atoms with Gasteiger partial charge in [-0.05, 0) is 61.7 Å². The number of ether oxygens (including phenoxy) is 1. The molecule has 1 aliphatic heterocycles. The van der Waals surface area contributed by atoms with Gasteiger partial charge in [0, 0.05) is 12.2 Å². The van der Waals surface area contributed by atoms with Crippen molar-refractivity contribution in [2.75, 3.05) is 28.5 Å². The highest BCUT2D eigenvalue weighted by molar-refractivity contribution is 7.93. The molecule has 3 rings (SSSR count). The number of rotatable bonds is 6. The van der Waals surface area contributed by atoms with Crippen LogP contribution in [0.25, 0.3) is 0 Å². The average molecular weight is 388 g/mol. The van der Waals surface area contributed by atoms with Gasteiger partial charge in [0.25, 0.3) is 0 Å². The van der Waals surface area contributed by atoms with E-state index in [0.29, 0.717) is 30.9 Å². The van der Waals surface area contributed by atoms with Gasteiger partial charge in [-0.2, -0.15) is 0 Å². The van der Waals surface area contributed by atoms with Crippen molar-refractivity contribution in [3.63, 3.8) is 0 Å².